The number of urea groups is 1. The van der Waals surface area contributed by atoms with Gasteiger partial charge in [-0.2, -0.15) is 0 Å². The Morgan fingerprint density at radius 3 is 2.19 bits per heavy atom. The molecule has 0 aromatic heterocycles. The van der Waals surface area contributed by atoms with Gasteiger partial charge < -0.3 is 10.2 Å². The Labute approximate surface area is 101 Å². The van der Waals surface area contributed by atoms with E-state index in [1.165, 1.54) is 32.1 Å². The van der Waals surface area contributed by atoms with E-state index in [0.717, 1.165) is 19.5 Å². The second-order valence-electron chi connectivity index (χ2n) is 4.18. The maximum absolute atomic E-state index is 11.6. The van der Waals surface area contributed by atoms with Gasteiger partial charge in [-0.05, 0) is 20.3 Å². The SMILES string of the molecule is CCCCCCCCN(CC)C(=O)NCC. The van der Waals surface area contributed by atoms with Crippen molar-refractivity contribution in [3.8, 4) is 0 Å². The lowest BCUT2D eigenvalue weighted by Crippen LogP contribution is -2.40. The number of nitrogens with zero attached hydrogens (tertiary/aromatic N) is 1. The highest BCUT2D eigenvalue weighted by Crippen LogP contribution is 2.05. The average Bonchev–Trinajstić information content (AvgIpc) is 2.28. The number of rotatable bonds is 9. The Morgan fingerprint density at radius 2 is 1.62 bits per heavy atom. The first-order valence-corrected chi connectivity index (χ1v) is 6.79. The van der Waals surface area contributed by atoms with Gasteiger partial charge in [0, 0.05) is 19.6 Å². The van der Waals surface area contributed by atoms with E-state index in [1.807, 2.05) is 18.7 Å². The molecule has 0 aromatic rings. The van der Waals surface area contributed by atoms with Crippen LogP contribution in [-0.2, 0) is 0 Å². The first-order chi connectivity index (χ1) is 7.76. The summed E-state index contributed by atoms with van der Waals surface area (Å²) in [5, 5.41) is 2.84. The van der Waals surface area contributed by atoms with Crippen LogP contribution in [0.1, 0.15) is 59.3 Å². The third-order valence-corrected chi connectivity index (χ3v) is 2.78. The van der Waals surface area contributed by atoms with Gasteiger partial charge in [0.15, 0.2) is 0 Å². The second-order valence-corrected chi connectivity index (χ2v) is 4.18. The molecule has 1 N–H and O–H groups in total. The van der Waals surface area contributed by atoms with E-state index in [2.05, 4.69) is 12.2 Å². The lowest BCUT2D eigenvalue weighted by atomic mass is 10.1. The van der Waals surface area contributed by atoms with E-state index in [-0.39, 0.29) is 6.03 Å². The lowest BCUT2D eigenvalue weighted by Gasteiger charge is -2.20. The quantitative estimate of drug-likeness (QED) is 0.603. The van der Waals surface area contributed by atoms with Crippen molar-refractivity contribution in [3.63, 3.8) is 0 Å². The topological polar surface area (TPSA) is 32.3 Å². The maximum Gasteiger partial charge on any atom is 0.317 e. The normalized spacial score (nSPS) is 10.2. The molecular formula is C13H28N2O. The van der Waals surface area contributed by atoms with Crippen molar-refractivity contribution in [2.75, 3.05) is 19.6 Å². The summed E-state index contributed by atoms with van der Waals surface area (Å²) in [7, 11) is 0. The summed E-state index contributed by atoms with van der Waals surface area (Å²) in [6.45, 7) is 8.64. The molecule has 2 amide bonds. The molecule has 0 unspecified atom stereocenters. The lowest BCUT2D eigenvalue weighted by molar-refractivity contribution is 0.200. The molecule has 0 heterocycles. The third kappa shape index (κ3) is 7.55. The van der Waals surface area contributed by atoms with E-state index < -0.39 is 0 Å². The first kappa shape index (κ1) is 15.3. The van der Waals surface area contributed by atoms with Crippen LogP contribution in [0.15, 0.2) is 0 Å². The third-order valence-electron chi connectivity index (χ3n) is 2.78. The van der Waals surface area contributed by atoms with Gasteiger partial charge in [0.1, 0.15) is 0 Å². The Kier molecular flexibility index (Phi) is 10.3. The summed E-state index contributed by atoms with van der Waals surface area (Å²) in [5.74, 6) is 0. The van der Waals surface area contributed by atoms with E-state index in [4.69, 9.17) is 0 Å². The molecule has 3 nitrogen and oxygen atoms in total. The van der Waals surface area contributed by atoms with Crippen molar-refractivity contribution in [1.82, 2.24) is 10.2 Å². The number of carbonyl (C=O) groups excluding carboxylic acids is 1. The molecule has 0 aliphatic heterocycles. The minimum atomic E-state index is 0.0820. The molecule has 0 aromatic carbocycles. The molecule has 0 fully saturated rings. The highest BCUT2D eigenvalue weighted by molar-refractivity contribution is 5.73. The molecule has 0 spiro atoms. The van der Waals surface area contributed by atoms with Crippen molar-refractivity contribution in [2.24, 2.45) is 0 Å². The number of carbonyl (C=O) groups is 1. The van der Waals surface area contributed by atoms with Gasteiger partial charge in [0.25, 0.3) is 0 Å². The van der Waals surface area contributed by atoms with Crippen LogP contribution in [0.3, 0.4) is 0 Å². The van der Waals surface area contributed by atoms with Gasteiger partial charge in [-0.25, -0.2) is 4.79 Å². The Hall–Kier alpha value is -0.730. The number of hydrogen-bond donors (Lipinski definition) is 1. The maximum atomic E-state index is 11.6. The summed E-state index contributed by atoms with van der Waals surface area (Å²) in [6.07, 6.45) is 7.66. The summed E-state index contributed by atoms with van der Waals surface area (Å²) in [4.78, 5) is 13.4. The molecule has 0 saturated heterocycles. The summed E-state index contributed by atoms with van der Waals surface area (Å²) in [5.41, 5.74) is 0. The Balaban J connectivity index is 3.51. The fourth-order valence-electron chi connectivity index (χ4n) is 1.75. The van der Waals surface area contributed by atoms with Crippen LogP contribution < -0.4 is 5.32 Å². The molecule has 3 heteroatoms. The molecule has 0 saturated carbocycles. The molecule has 0 rings (SSSR count). The Morgan fingerprint density at radius 1 is 1.00 bits per heavy atom. The van der Waals surface area contributed by atoms with Crippen molar-refractivity contribution >= 4 is 6.03 Å². The minimum Gasteiger partial charge on any atom is -0.338 e. The van der Waals surface area contributed by atoms with Gasteiger partial charge in [-0.3, -0.25) is 0 Å². The van der Waals surface area contributed by atoms with E-state index in [1.54, 1.807) is 0 Å². The number of amides is 2. The predicted molar refractivity (Wildman–Crippen MR) is 69.7 cm³/mol. The van der Waals surface area contributed by atoms with Gasteiger partial charge in [-0.15, -0.1) is 0 Å². The fourth-order valence-corrected chi connectivity index (χ4v) is 1.75. The van der Waals surface area contributed by atoms with Gasteiger partial charge in [0.2, 0.25) is 0 Å². The van der Waals surface area contributed by atoms with Gasteiger partial charge in [-0.1, -0.05) is 39.0 Å². The molecule has 0 aliphatic carbocycles. The molecule has 16 heavy (non-hydrogen) atoms. The monoisotopic (exact) mass is 228 g/mol. The smallest absolute Gasteiger partial charge is 0.317 e. The summed E-state index contributed by atoms with van der Waals surface area (Å²) < 4.78 is 0. The molecule has 0 atom stereocenters. The van der Waals surface area contributed by atoms with Crippen LogP contribution in [0.2, 0.25) is 0 Å². The Bertz CT molecular complexity index is 171. The highest BCUT2D eigenvalue weighted by atomic mass is 16.2. The van der Waals surface area contributed by atoms with Crippen molar-refractivity contribution in [3.05, 3.63) is 0 Å². The van der Waals surface area contributed by atoms with Crippen LogP contribution in [0.25, 0.3) is 0 Å². The number of unbranched alkanes of at least 4 members (excludes halogenated alkanes) is 5. The van der Waals surface area contributed by atoms with Crippen LogP contribution in [-0.4, -0.2) is 30.6 Å². The number of hydrogen-bond acceptors (Lipinski definition) is 1. The zero-order valence-corrected chi connectivity index (χ0v) is 11.2. The van der Waals surface area contributed by atoms with E-state index in [9.17, 15) is 4.79 Å². The van der Waals surface area contributed by atoms with Crippen molar-refractivity contribution < 1.29 is 4.79 Å². The van der Waals surface area contributed by atoms with Crippen molar-refractivity contribution in [1.29, 1.82) is 0 Å². The fraction of sp³-hybridized carbons (Fsp3) is 0.923. The van der Waals surface area contributed by atoms with Crippen LogP contribution in [0, 0.1) is 0 Å². The number of nitrogens with one attached hydrogen (secondary N) is 1. The second kappa shape index (κ2) is 10.8. The standard InChI is InChI=1S/C13H28N2O/c1-4-7-8-9-10-11-12-15(6-3)13(16)14-5-2/h4-12H2,1-3H3,(H,14,16). The zero-order chi connectivity index (χ0) is 12.2. The molecule has 96 valence electrons. The summed E-state index contributed by atoms with van der Waals surface area (Å²) in [6, 6.07) is 0.0820. The summed E-state index contributed by atoms with van der Waals surface area (Å²) >= 11 is 0. The zero-order valence-electron chi connectivity index (χ0n) is 11.2. The van der Waals surface area contributed by atoms with Crippen molar-refractivity contribution in [2.45, 2.75) is 59.3 Å². The van der Waals surface area contributed by atoms with Gasteiger partial charge in [0.05, 0.1) is 0 Å². The van der Waals surface area contributed by atoms with Crippen LogP contribution >= 0.6 is 0 Å². The first-order valence-electron chi connectivity index (χ1n) is 6.79. The van der Waals surface area contributed by atoms with E-state index >= 15 is 0 Å². The average molecular weight is 228 g/mol. The van der Waals surface area contributed by atoms with Crippen LogP contribution in [0.5, 0.6) is 0 Å². The van der Waals surface area contributed by atoms with Gasteiger partial charge >= 0.3 is 6.03 Å². The largest absolute Gasteiger partial charge is 0.338 e. The molecule has 0 aliphatic rings. The molecule has 0 radical (unpaired) electrons. The highest BCUT2D eigenvalue weighted by Gasteiger charge is 2.08. The molecule has 0 bridgehead atoms. The molecular weight excluding hydrogens is 200 g/mol. The minimum absolute atomic E-state index is 0.0820. The van der Waals surface area contributed by atoms with Crippen LogP contribution in [0.4, 0.5) is 4.79 Å². The predicted octanol–water partition coefficient (Wildman–Crippen LogP) is 3.40. The van der Waals surface area contributed by atoms with E-state index in [0.29, 0.717) is 6.54 Å².